The molecule has 1 amide bonds. The van der Waals surface area contributed by atoms with Crippen LogP contribution in [0.4, 0.5) is 16.3 Å². The lowest BCUT2D eigenvalue weighted by Crippen LogP contribution is -2.41. The Kier molecular flexibility index (Phi) is 5.95. The van der Waals surface area contributed by atoms with E-state index >= 15 is 0 Å². The summed E-state index contributed by atoms with van der Waals surface area (Å²) in [6, 6.07) is 5.54. The number of nitrogens with one attached hydrogen (secondary N) is 1. The highest BCUT2D eigenvalue weighted by Crippen LogP contribution is 2.28. The van der Waals surface area contributed by atoms with Gasteiger partial charge in [-0.15, -0.1) is 0 Å². The second kappa shape index (κ2) is 8.37. The Morgan fingerprint density at radius 1 is 1.38 bits per heavy atom. The highest BCUT2D eigenvalue weighted by Gasteiger charge is 2.22. The first-order chi connectivity index (χ1) is 12.6. The SMILES string of the molecule is CNc1noc2cc(N(C(=O)OCCN3CCOCC3)C(C)C)ccc12. The van der Waals surface area contributed by atoms with Crippen LogP contribution in [0.15, 0.2) is 22.7 Å². The molecule has 2 heterocycles. The number of carbonyl (C=O) groups excluding carboxylic acids is 1. The molecule has 8 heteroatoms. The molecule has 8 nitrogen and oxygen atoms in total. The second-order valence-electron chi connectivity index (χ2n) is 6.49. The summed E-state index contributed by atoms with van der Waals surface area (Å²) in [5.74, 6) is 0.677. The van der Waals surface area contributed by atoms with Gasteiger partial charge in [0.15, 0.2) is 11.4 Å². The molecule has 0 spiro atoms. The van der Waals surface area contributed by atoms with Crippen molar-refractivity contribution in [2.45, 2.75) is 19.9 Å². The van der Waals surface area contributed by atoms with Crippen molar-refractivity contribution < 1.29 is 18.8 Å². The van der Waals surface area contributed by atoms with Crippen LogP contribution in [-0.2, 0) is 9.47 Å². The first-order valence-corrected chi connectivity index (χ1v) is 8.93. The molecule has 1 N–H and O–H groups in total. The number of morpholine rings is 1. The molecule has 1 aliphatic rings. The van der Waals surface area contributed by atoms with Crippen LogP contribution >= 0.6 is 0 Å². The molecule has 26 heavy (non-hydrogen) atoms. The van der Waals surface area contributed by atoms with Crippen LogP contribution in [0, 0.1) is 0 Å². The molecule has 0 radical (unpaired) electrons. The zero-order valence-corrected chi connectivity index (χ0v) is 15.5. The summed E-state index contributed by atoms with van der Waals surface area (Å²) in [6.07, 6.45) is -0.360. The van der Waals surface area contributed by atoms with Crippen molar-refractivity contribution in [3.05, 3.63) is 18.2 Å². The molecular formula is C18H26N4O4. The Morgan fingerprint density at radius 2 is 2.15 bits per heavy atom. The molecule has 1 saturated heterocycles. The predicted octanol–water partition coefficient (Wildman–Crippen LogP) is 2.55. The first-order valence-electron chi connectivity index (χ1n) is 8.93. The van der Waals surface area contributed by atoms with Crippen LogP contribution in [0.3, 0.4) is 0 Å². The van der Waals surface area contributed by atoms with Crippen LogP contribution in [0.5, 0.6) is 0 Å². The number of carbonyl (C=O) groups is 1. The van der Waals surface area contributed by atoms with Crippen molar-refractivity contribution in [2.75, 3.05) is 56.7 Å². The molecule has 3 rings (SSSR count). The van der Waals surface area contributed by atoms with Gasteiger partial charge in [0.2, 0.25) is 0 Å². The fourth-order valence-corrected chi connectivity index (χ4v) is 3.03. The molecule has 1 aromatic carbocycles. The van der Waals surface area contributed by atoms with Gasteiger partial charge in [0.1, 0.15) is 6.61 Å². The Balaban J connectivity index is 1.66. The minimum Gasteiger partial charge on any atom is -0.448 e. The monoisotopic (exact) mass is 362 g/mol. The third-order valence-electron chi connectivity index (χ3n) is 4.42. The van der Waals surface area contributed by atoms with Gasteiger partial charge in [-0.3, -0.25) is 9.80 Å². The summed E-state index contributed by atoms with van der Waals surface area (Å²) in [5, 5.41) is 7.82. The Hall–Kier alpha value is -2.32. The molecule has 0 bridgehead atoms. The smallest absolute Gasteiger partial charge is 0.414 e. The molecule has 1 aliphatic heterocycles. The number of amides is 1. The topological polar surface area (TPSA) is 80.1 Å². The summed E-state index contributed by atoms with van der Waals surface area (Å²) in [4.78, 5) is 16.5. The summed E-state index contributed by atoms with van der Waals surface area (Å²) >= 11 is 0. The number of rotatable bonds is 6. The summed E-state index contributed by atoms with van der Waals surface area (Å²) in [6.45, 7) is 8.20. The Morgan fingerprint density at radius 3 is 2.85 bits per heavy atom. The molecule has 0 atom stereocenters. The summed E-state index contributed by atoms with van der Waals surface area (Å²) in [7, 11) is 1.79. The van der Waals surface area contributed by atoms with Crippen LogP contribution in [0.2, 0.25) is 0 Å². The quantitative estimate of drug-likeness (QED) is 0.846. The average Bonchev–Trinajstić information content (AvgIpc) is 3.05. The summed E-state index contributed by atoms with van der Waals surface area (Å²) < 4.78 is 16.2. The minimum atomic E-state index is -0.360. The van der Waals surface area contributed by atoms with Gasteiger partial charge in [-0.2, -0.15) is 0 Å². The zero-order valence-electron chi connectivity index (χ0n) is 15.5. The average molecular weight is 362 g/mol. The number of nitrogens with zero attached hydrogens (tertiary/aromatic N) is 3. The molecule has 0 aliphatic carbocycles. The molecule has 1 aromatic heterocycles. The van der Waals surface area contributed by atoms with Crippen LogP contribution in [0.25, 0.3) is 11.0 Å². The maximum Gasteiger partial charge on any atom is 0.414 e. The molecular weight excluding hydrogens is 336 g/mol. The van der Waals surface area contributed by atoms with E-state index in [4.69, 9.17) is 14.0 Å². The van der Waals surface area contributed by atoms with Gasteiger partial charge in [-0.05, 0) is 26.0 Å². The Bertz CT molecular complexity index is 740. The van der Waals surface area contributed by atoms with E-state index in [-0.39, 0.29) is 12.1 Å². The molecule has 0 saturated carbocycles. The first kappa shape index (κ1) is 18.5. The van der Waals surface area contributed by atoms with Gasteiger partial charge in [0.25, 0.3) is 0 Å². The maximum absolute atomic E-state index is 12.6. The van der Waals surface area contributed by atoms with E-state index in [2.05, 4.69) is 15.4 Å². The molecule has 1 fully saturated rings. The number of anilines is 2. The van der Waals surface area contributed by atoms with E-state index in [1.807, 2.05) is 32.0 Å². The van der Waals surface area contributed by atoms with Gasteiger partial charge in [0, 0.05) is 38.8 Å². The van der Waals surface area contributed by atoms with Crippen molar-refractivity contribution >= 4 is 28.6 Å². The maximum atomic E-state index is 12.6. The van der Waals surface area contributed by atoms with Crippen LogP contribution in [0.1, 0.15) is 13.8 Å². The summed E-state index contributed by atoms with van der Waals surface area (Å²) in [5.41, 5.74) is 1.35. The second-order valence-corrected chi connectivity index (χ2v) is 6.49. The molecule has 0 unspecified atom stereocenters. The van der Waals surface area contributed by atoms with Crippen molar-refractivity contribution in [1.82, 2.24) is 10.1 Å². The van der Waals surface area contributed by atoms with Gasteiger partial charge in [0.05, 0.1) is 24.3 Å². The number of hydrogen-bond donors (Lipinski definition) is 1. The van der Waals surface area contributed by atoms with Crippen LogP contribution in [-0.4, -0.2) is 68.7 Å². The van der Waals surface area contributed by atoms with Crippen molar-refractivity contribution in [1.29, 1.82) is 0 Å². The van der Waals surface area contributed by atoms with E-state index in [1.54, 1.807) is 11.9 Å². The third kappa shape index (κ3) is 4.08. The number of aromatic nitrogens is 1. The largest absolute Gasteiger partial charge is 0.448 e. The van der Waals surface area contributed by atoms with E-state index in [9.17, 15) is 4.79 Å². The van der Waals surface area contributed by atoms with Gasteiger partial charge in [-0.25, -0.2) is 4.79 Å². The number of ether oxygens (including phenoxy) is 2. The number of benzene rings is 1. The lowest BCUT2D eigenvalue weighted by molar-refractivity contribution is 0.0285. The highest BCUT2D eigenvalue weighted by atomic mass is 16.6. The van der Waals surface area contributed by atoms with E-state index in [0.717, 1.165) is 37.4 Å². The molecule has 142 valence electrons. The van der Waals surface area contributed by atoms with Crippen molar-refractivity contribution in [2.24, 2.45) is 0 Å². The van der Waals surface area contributed by atoms with E-state index in [1.165, 1.54) is 0 Å². The molecule has 2 aromatic rings. The van der Waals surface area contributed by atoms with Crippen molar-refractivity contribution in [3.8, 4) is 0 Å². The number of fused-ring (bicyclic) bond motifs is 1. The fraction of sp³-hybridized carbons (Fsp3) is 0.556. The van der Waals surface area contributed by atoms with Gasteiger partial charge >= 0.3 is 6.09 Å². The van der Waals surface area contributed by atoms with Crippen LogP contribution < -0.4 is 10.2 Å². The van der Waals surface area contributed by atoms with Gasteiger partial charge in [-0.1, -0.05) is 5.16 Å². The zero-order chi connectivity index (χ0) is 18.5. The van der Waals surface area contributed by atoms with Gasteiger partial charge < -0.3 is 19.3 Å². The van der Waals surface area contributed by atoms with E-state index in [0.29, 0.717) is 24.6 Å². The Labute approximate surface area is 153 Å². The normalized spacial score (nSPS) is 15.4. The highest BCUT2D eigenvalue weighted by molar-refractivity contribution is 5.94. The predicted molar refractivity (Wildman–Crippen MR) is 99.8 cm³/mol. The number of hydrogen-bond acceptors (Lipinski definition) is 7. The third-order valence-corrected chi connectivity index (χ3v) is 4.42. The van der Waals surface area contributed by atoms with E-state index < -0.39 is 0 Å². The lowest BCUT2D eigenvalue weighted by Gasteiger charge is -2.28. The van der Waals surface area contributed by atoms with Crippen molar-refractivity contribution in [3.63, 3.8) is 0 Å². The fourth-order valence-electron chi connectivity index (χ4n) is 3.03. The minimum absolute atomic E-state index is 0.0463. The standard InChI is InChI=1S/C18H26N4O4/c1-13(2)22(18(23)25-11-8-21-6-9-24-10-7-21)14-4-5-15-16(12-14)26-20-17(15)19-3/h4-5,12-13H,6-11H2,1-3H3,(H,19,20). The lowest BCUT2D eigenvalue weighted by atomic mass is 10.2.